The fourth-order valence-electron chi connectivity index (χ4n) is 3.20. The molecule has 2 aromatic carbocycles. The zero-order valence-corrected chi connectivity index (χ0v) is 17.5. The average molecular weight is 398 g/mol. The zero-order valence-electron chi connectivity index (χ0n) is 17.5. The van der Waals surface area contributed by atoms with Crippen LogP contribution in [-0.2, 0) is 11.2 Å². The van der Waals surface area contributed by atoms with Crippen LogP contribution in [0.2, 0.25) is 0 Å². The quantitative estimate of drug-likeness (QED) is 0.550. The maximum atomic E-state index is 13.2. The average Bonchev–Trinajstić information content (AvgIpc) is 2.72. The van der Waals surface area contributed by atoms with Gasteiger partial charge in [-0.2, -0.15) is 0 Å². The maximum Gasteiger partial charge on any atom is 0.223 e. The normalized spacial score (nSPS) is 14.7. The van der Waals surface area contributed by atoms with E-state index in [0.29, 0.717) is 25.3 Å². The standard InChI is InChI=1S/C25H32FNO2/c1-18(2)8-7-11-22(16-20-12-14-23(26)15-13-20)25(29)27-17-19(3)24(28)21-9-5-4-6-10-21/h4-10,12-15,18-19,22,24,28H,11,16-17H2,1-3H3,(H,27,29)/t19-,22+,24-/m1/s1. The third kappa shape index (κ3) is 7.82. The number of aliphatic hydroxyl groups excluding tert-OH is 1. The summed E-state index contributed by atoms with van der Waals surface area (Å²) in [6.45, 7) is 6.50. The van der Waals surface area contributed by atoms with Crippen molar-refractivity contribution in [1.82, 2.24) is 5.32 Å². The number of amides is 1. The molecule has 0 aliphatic rings. The highest BCUT2D eigenvalue weighted by molar-refractivity contribution is 5.79. The van der Waals surface area contributed by atoms with Crippen molar-refractivity contribution in [3.8, 4) is 0 Å². The highest BCUT2D eigenvalue weighted by Gasteiger charge is 2.21. The Labute approximate surface area is 173 Å². The molecule has 0 aliphatic heterocycles. The van der Waals surface area contributed by atoms with Gasteiger partial charge in [-0.25, -0.2) is 4.39 Å². The van der Waals surface area contributed by atoms with Gasteiger partial charge in [0.2, 0.25) is 5.91 Å². The van der Waals surface area contributed by atoms with E-state index in [-0.39, 0.29) is 23.6 Å². The summed E-state index contributed by atoms with van der Waals surface area (Å²) in [6, 6.07) is 15.8. The topological polar surface area (TPSA) is 49.3 Å². The molecule has 3 atom stereocenters. The predicted molar refractivity (Wildman–Crippen MR) is 116 cm³/mol. The number of halogens is 1. The van der Waals surface area contributed by atoms with E-state index in [0.717, 1.165) is 11.1 Å². The molecule has 0 heterocycles. The molecule has 4 heteroatoms. The van der Waals surface area contributed by atoms with Gasteiger partial charge < -0.3 is 10.4 Å². The van der Waals surface area contributed by atoms with Gasteiger partial charge in [-0.3, -0.25) is 4.79 Å². The lowest BCUT2D eigenvalue weighted by Gasteiger charge is -2.22. The van der Waals surface area contributed by atoms with Crippen molar-refractivity contribution in [2.75, 3.05) is 6.54 Å². The summed E-state index contributed by atoms with van der Waals surface area (Å²) < 4.78 is 13.2. The van der Waals surface area contributed by atoms with Gasteiger partial charge in [0.15, 0.2) is 0 Å². The van der Waals surface area contributed by atoms with E-state index in [2.05, 4.69) is 25.2 Å². The summed E-state index contributed by atoms with van der Waals surface area (Å²) in [6.07, 6.45) is 4.67. The van der Waals surface area contributed by atoms with Crippen LogP contribution in [0, 0.1) is 23.6 Å². The number of hydrogen-bond donors (Lipinski definition) is 2. The lowest BCUT2D eigenvalue weighted by molar-refractivity contribution is -0.125. The van der Waals surface area contributed by atoms with Crippen molar-refractivity contribution in [3.63, 3.8) is 0 Å². The Morgan fingerprint density at radius 1 is 1.07 bits per heavy atom. The molecule has 2 N–H and O–H groups in total. The summed E-state index contributed by atoms with van der Waals surface area (Å²) in [7, 11) is 0. The number of carbonyl (C=O) groups excluding carboxylic acids is 1. The van der Waals surface area contributed by atoms with E-state index >= 15 is 0 Å². The van der Waals surface area contributed by atoms with Gasteiger partial charge in [-0.1, -0.05) is 75.4 Å². The van der Waals surface area contributed by atoms with Gasteiger partial charge in [0.05, 0.1) is 6.10 Å². The van der Waals surface area contributed by atoms with Gasteiger partial charge >= 0.3 is 0 Å². The monoisotopic (exact) mass is 397 g/mol. The van der Waals surface area contributed by atoms with Crippen molar-refractivity contribution < 1.29 is 14.3 Å². The van der Waals surface area contributed by atoms with E-state index < -0.39 is 6.10 Å². The summed E-state index contributed by atoms with van der Waals surface area (Å²) in [4.78, 5) is 12.9. The first-order chi connectivity index (χ1) is 13.9. The molecule has 2 rings (SSSR count). The Morgan fingerprint density at radius 2 is 1.72 bits per heavy atom. The Morgan fingerprint density at radius 3 is 2.34 bits per heavy atom. The van der Waals surface area contributed by atoms with Gasteiger partial charge in [0.25, 0.3) is 0 Å². The fourth-order valence-corrected chi connectivity index (χ4v) is 3.20. The first-order valence-electron chi connectivity index (χ1n) is 10.3. The number of aliphatic hydroxyl groups is 1. The van der Waals surface area contributed by atoms with Crippen LogP contribution >= 0.6 is 0 Å². The van der Waals surface area contributed by atoms with E-state index in [4.69, 9.17) is 0 Å². The van der Waals surface area contributed by atoms with Crippen LogP contribution in [0.25, 0.3) is 0 Å². The highest BCUT2D eigenvalue weighted by Crippen LogP contribution is 2.21. The highest BCUT2D eigenvalue weighted by atomic mass is 19.1. The van der Waals surface area contributed by atoms with E-state index in [1.165, 1.54) is 12.1 Å². The van der Waals surface area contributed by atoms with Gasteiger partial charge in [-0.15, -0.1) is 0 Å². The molecular formula is C25H32FNO2. The predicted octanol–water partition coefficient (Wildman–Crippen LogP) is 5.07. The van der Waals surface area contributed by atoms with Crippen LogP contribution < -0.4 is 5.32 Å². The first kappa shape index (κ1) is 22.8. The van der Waals surface area contributed by atoms with Crippen molar-refractivity contribution in [1.29, 1.82) is 0 Å². The molecule has 0 unspecified atom stereocenters. The minimum absolute atomic E-state index is 0.0464. The minimum atomic E-state index is -0.632. The number of benzene rings is 2. The third-order valence-electron chi connectivity index (χ3n) is 4.99. The molecule has 29 heavy (non-hydrogen) atoms. The Kier molecular flexibility index (Phi) is 9.07. The van der Waals surface area contributed by atoms with E-state index in [9.17, 15) is 14.3 Å². The molecular weight excluding hydrogens is 365 g/mol. The molecule has 0 bridgehead atoms. The molecule has 1 amide bonds. The minimum Gasteiger partial charge on any atom is -0.388 e. The number of nitrogens with one attached hydrogen (secondary N) is 1. The second-order valence-electron chi connectivity index (χ2n) is 8.01. The molecule has 3 nitrogen and oxygen atoms in total. The second kappa shape index (κ2) is 11.5. The molecule has 0 aliphatic carbocycles. The Bertz CT molecular complexity index is 771. The van der Waals surface area contributed by atoms with Crippen molar-refractivity contribution in [2.24, 2.45) is 17.8 Å². The SMILES string of the molecule is CC(C)C=CC[C@@H](Cc1ccc(F)cc1)C(=O)NC[C@@H](C)[C@@H](O)c1ccccc1. The van der Waals surface area contributed by atoms with Gasteiger partial charge in [0, 0.05) is 18.4 Å². The number of carbonyl (C=O) groups is 1. The van der Waals surface area contributed by atoms with Crippen LogP contribution in [0.4, 0.5) is 4.39 Å². The lowest BCUT2D eigenvalue weighted by atomic mass is 9.93. The summed E-state index contributed by atoms with van der Waals surface area (Å²) in [5.41, 5.74) is 1.78. The van der Waals surface area contributed by atoms with Crippen molar-refractivity contribution in [2.45, 2.75) is 39.7 Å². The van der Waals surface area contributed by atoms with E-state index in [1.807, 2.05) is 43.3 Å². The number of rotatable bonds is 10. The molecule has 0 saturated carbocycles. The molecule has 0 spiro atoms. The van der Waals surface area contributed by atoms with Crippen LogP contribution in [0.1, 0.15) is 44.4 Å². The zero-order chi connectivity index (χ0) is 21.2. The fraction of sp³-hybridized carbons (Fsp3) is 0.400. The Balaban J connectivity index is 1.98. The molecule has 156 valence electrons. The molecule has 2 aromatic rings. The second-order valence-corrected chi connectivity index (χ2v) is 8.01. The molecule has 0 fully saturated rings. The van der Waals surface area contributed by atoms with Crippen LogP contribution in [0.5, 0.6) is 0 Å². The van der Waals surface area contributed by atoms with Crippen LogP contribution in [0.15, 0.2) is 66.7 Å². The largest absolute Gasteiger partial charge is 0.388 e. The van der Waals surface area contributed by atoms with Gasteiger partial charge in [-0.05, 0) is 42.0 Å². The maximum absolute atomic E-state index is 13.2. The molecule has 0 saturated heterocycles. The van der Waals surface area contributed by atoms with Gasteiger partial charge in [0.1, 0.15) is 5.82 Å². The smallest absolute Gasteiger partial charge is 0.223 e. The molecule has 0 aromatic heterocycles. The van der Waals surface area contributed by atoms with Crippen molar-refractivity contribution in [3.05, 3.63) is 83.7 Å². The Hall–Kier alpha value is -2.46. The summed E-state index contributed by atoms with van der Waals surface area (Å²) in [5, 5.41) is 13.5. The van der Waals surface area contributed by atoms with Crippen LogP contribution in [0.3, 0.4) is 0 Å². The lowest BCUT2D eigenvalue weighted by Crippen LogP contribution is -2.36. The van der Waals surface area contributed by atoms with E-state index in [1.54, 1.807) is 12.1 Å². The van der Waals surface area contributed by atoms with Crippen LogP contribution in [-0.4, -0.2) is 17.6 Å². The number of allylic oxidation sites excluding steroid dienone is 2. The third-order valence-corrected chi connectivity index (χ3v) is 4.99. The summed E-state index contributed by atoms with van der Waals surface area (Å²) >= 11 is 0. The number of hydrogen-bond acceptors (Lipinski definition) is 2. The molecule has 0 radical (unpaired) electrons. The summed E-state index contributed by atoms with van der Waals surface area (Å²) in [5.74, 6) is -0.255. The van der Waals surface area contributed by atoms with Crippen molar-refractivity contribution >= 4 is 5.91 Å². The first-order valence-corrected chi connectivity index (χ1v) is 10.3.